The van der Waals surface area contributed by atoms with Crippen molar-refractivity contribution in [2.24, 2.45) is 0 Å². The average Bonchev–Trinajstić information content (AvgIpc) is 3.15. The Morgan fingerprint density at radius 1 is 1.00 bits per heavy atom. The molecule has 0 aliphatic carbocycles. The molecule has 1 aromatic heterocycles. The Balaban J connectivity index is 1.63. The maximum atomic E-state index is 12.9. The van der Waals surface area contributed by atoms with E-state index >= 15 is 0 Å². The highest BCUT2D eigenvalue weighted by Crippen LogP contribution is 2.29. The first-order valence-corrected chi connectivity index (χ1v) is 9.09. The van der Waals surface area contributed by atoms with Crippen LogP contribution in [0.1, 0.15) is 45.8 Å². The van der Waals surface area contributed by atoms with Crippen LogP contribution in [0.4, 0.5) is 5.82 Å². The summed E-state index contributed by atoms with van der Waals surface area (Å²) < 4.78 is 0. The number of amides is 1. The molecule has 4 rings (SSSR count). The van der Waals surface area contributed by atoms with Gasteiger partial charge >= 0.3 is 0 Å². The molecule has 5 nitrogen and oxygen atoms in total. The molecule has 2 aromatic rings. The van der Waals surface area contributed by atoms with Crippen LogP contribution in [0.25, 0.3) is 0 Å². The summed E-state index contributed by atoms with van der Waals surface area (Å²) in [6.45, 7) is 7.42. The fourth-order valence-corrected chi connectivity index (χ4v) is 3.76. The maximum absolute atomic E-state index is 12.9. The van der Waals surface area contributed by atoms with Crippen molar-refractivity contribution in [3.8, 4) is 0 Å². The van der Waals surface area contributed by atoms with Gasteiger partial charge in [0.1, 0.15) is 11.6 Å². The molecule has 1 saturated heterocycles. The first-order chi connectivity index (χ1) is 12.1. The summed E-state index contributed by atoms with van der Waals surface area (Å²) in [4.78, 5) is 26.6. The molecule has 0 atom stereocenters. The zero-order valence-electron chi connectivity index (χ0n) is 15.0. The van der Waals surface area contributed by atoms with E-state index < -0.39 is 0 Å². The average molecular weight is 336 g/mol. The standard InChI is InChI=1S/C20H24N4O/c1-14-5-7-16(8-6-14)20(25)24-12-9-18-17(13-24)19(22-15(2)21-18)23-10-3-4-11-23/h5-8H,3-4,9-13H2,1-2H3. The van der Waals surface area contributed by atoms with E-state index in [0.717, 1.165) is 54.5 Å². The molecule has 1 aromatic carbocycles. The van der Waals surface area contributed by atoms with Crippen molar-refractivity contribution in [3.63, 3.8) is 0 Å². The van der Waals surface area contributed by atoms with Gasteiger partial charge in [-0.2, -0.15) is 0 Å². The summed E-state index contributed by atoms with van der Waals surface area (Å²) in [6, 6.07) is 7.82. The Hall–Kier alpha value is -2.43. The lowest BCUT2D eigenvalue weighted by Gasteiger charge is -2.31. The van der Waals surface area contributed by atoms with Crippen LogP contribution in [0.5, 0.6) is 0 Å². The molecule has 1 amide bonds. The third kappa shape index (κ3) is 3.11. The molecular weight excluding hydrogens is 312 g/mol. The van der Waals surface area contributed by atoms with Crippen molar-refractivity contribution in [1.29, 1.82) is 0 Å². The van der Waals surface area contributed by atoms with E-state index in [1.165, 1.54) is 18.4 Å². The van der Waals surface area contributed by atoms with Crippen molar-refractivity contribution in [3.05, 3.63) is 52.5 Å². The summed E-state index contributed by atoms with van der Waals surface area (Å²) >= 11 is 0. The Kier molecular flexibility index (Phi) is 4.15. The highest BCUT2D eigenvalue weighted by atomic mass is 16.2. The number of hydrogen-bond donors (Lipinski definition) is 0. The van der Waals surface area contributed by atoms with Gasteiger partial charge in [-0.1, -0.05) is 17.7 Å². The molecule has 1 fully saturated rings. The highest BCUT2D eigenvalue weighted by Gasteiger charge is 2.28. The Morgan fingerprint density at radius 3 is 2.44 bits per heavy atom. The minimum Gasteiger partial charge on any atom is -0.356 e. The Morgan fingerprint density at radius 2 is 1.72 bits per heavy atom. The van der Waals surface area contributed by atoms with E-state index in [1.807, 2.05) is 43.0 Å². The summed E-state index contributed by atoms with van der Waals surface area (Å²) in [6.07, 6.45) is 3.23. The van der Waals surface area contributed by atoms with Crippen LogP contribution in [0.15, 0.2) is 24.3 Å². The topological polar surface area (TPSA) is 49.3 Å². The zero-order valence-corrected chi connectivity index (χ0v) is 15.0. The van der Waals surface area contributed by atoms with Crippen molar-refractivity contribution in [1.82, 2.24) is 14.9 Å². The quantitative estimate of drug-likeness (QED) is 0.846. The Bertz CT molecular complexity index is 794. The van der Waals surface area contributed by atoms with Gasteiger partial charge in [-0.3, -0.25) is 4.79 Å². The third-order valence-corrected chi connectivity index (χ3v) is 5.14. The number of rotatable bonds is 2. The van der Waals surface area contributed by atoms with E-state index in [1.54, 1.807) is 0 Å². The Labute approximate surface area is 148 Å². The highest BCUT2D eigenvalue weighted by molar-refractivity contribution is 5.94. The van der Waals surface area contributed by atoms with Gasteiger partial charge in [0.25, 0.3) is 5.91 Å². The first kappa shape index (κ1) is 16.1. The number of carbonyl (C=O) groups is 1. The molecule has 0 unspecified atom stereocenters. The van der Waals surface area contributed by atoms with Crippen LogP contribution in [-0.4, -0.2) is 40.4 Å². The largest absolute Gasteiger partial charge is 0.356 e. The van der Waals surface area contributed by atoms with Crippen LogP contribution in [0.3, 0.4) is 0 Å². The van der Waals surface area contributed by atoms with Gasteiger partial charge in [-0.05, 0) is 38.8 Å². The molecule has 0 N–H and O–H groups in total. The number of anilines is 1. The first-order valence-electron chi connectivity index (χ1n) is 9.09. The van der Waals surface area contributed by atoms with E-state index in [-0.39, 0.29) is 5.91 Å². The van der Waals surface area contributed by atoms with Gasteiger partial charge in [-0.15, -0.1) is 0 Å². The summed E-state index contributed by atoms with van der Waals surface area (Å²) in [7, 11) is 0. The molecule has 2 aliphatic heterocycles. The maximum Gasteiger partial charge on any atom is 0.254 e. The van der Waals surface area contributed by atoms with Gasteiger partial charge in [0.05, 0.1) is 12.2 Å². The number of benzene rings is 1. The lowest BCUT2D eigenvalue weighted by Crippen LogP contribution is -2.38. The van der Waals surface area contributed by atoms with E-state index in [4.69, 9.17) is 4.98 Å². The minimum atomic E-state index is 0.0959. The summed E-state index contributed by atoms with van der Waals surface area (Å²) in [5, 5.41) is 0. The number of aryl methyl sites for hydroxylation is 2. The molecule has 25 heavy (non-hydrogen) atoms. The molecule has 0 bridgehead atoms. The number of aromatic nitrogens is 2. The molecule has 0 spiro atoms. The fraction of sp³-hybridized carbons (Fsp3) is 0.450. The minimum absolute atomic E-state index is 0.0959. The molecule has 5 heteroatoms. The zero-order chi connectivity index (χ0) is 17.4. The molecule has 3 heterocycles. The van der Waals surface area contributed by atoms with Crippen molar-refractivity contribution < 1.29 is 4.79 Å². The molecule has 2 aliphatic rings. The number of nitrogens with zero attached hydrogens (tertiary/aromatic N) is 4. The lowest BCUT2D eigenvalue weighted by molar-refractivity contribution is 0.0733. The van der Waals surface area contributed by atoms with Crippen molar-refractivity contribution in [2.45, 2.75) is 39.7 Å². The van der Waals surface area contributed by atoms with Crippen LogP contribution in [-0.2, 0) is 13.0 Å². The van der Waals surface area contributed by atoms with Crippen molar-refractivity contribution >= 4 is 11.7 Å². The van der Waals surface area contributed by atoms with Gasteiger partial charge in [0, 0.05) is 37.2 Å². The summed E-state index contributed by atoms with van der Waals surface area (Å²) in [5.41, 5.74) is 4.17. The van der Waals surface area contributed by atoms with E-state index in [9.17, 15) is 4.79 Å². The predicted molar refractivity (Wildman–Crippen MR) is 97.8 cm³/mol. The van der Waals surface area contributed by atoms with Gasteiger partial charge in [-0.25, -0.2) is 9.97 Å². The number of carbonyl (C=O) groups excluding carboxylic acids is 1. The monoisotopic (exact) mass is 336 g/mol. The number of hydrogen-bond acceptors (Lipinski definition) is 4. The van der Waals surface area contributed by atoms with Crippen molar-refractivity contribution in [2.75, 3.05) is 24.5 Å². The molecule has 0 radical (unpaired) electrons. The normalized spacial score (nSPS) is 16.9. The number of fused-ring (bicyclic) bond motifs is 1. The van der Waals surface area contributed by atoms with Crippen LogP contribution >= 0.6 is 0 Å². The third-order valence-electron chi connectivity index (χ3n) is 5.14. The second-order valence-corrected chi connectivity index (χ2v) is 7.06. The molecular formula is C20H24N4O. The predicted octanol–water partition coefficient (Wildman–Crippen LogP) is 2.89. The van der Waals surface area contributed by atoms with Gasteiger partial charge < -0.3 is 9.80 Å². The molecule has 130 valence electrons. The lowest BCUT2D eigenvalue weighted by atomic mass is 10.0. The van der Waals surface area contributed by atoms with Crippen LogP contribution in [0, 0.1) is 13.8 Å². The fourth-order valence-electron chi connectivity index (χ4n) is 3.76. The van der Waals surface area contributed by atoms with E-state index in [0.29, 0.717) is 6.54 Å². The smallest absolute Gasteiger partial charge is 0.254 e. The van der Waals surface area contributed by atoms with E-state index in [2.05, 4.69) is 9.88 Å². The second kappa shape index (κ2) is 6.47. The van der Waals surface area contributed by atoms with Gasteiger partial charge in [0.15, 0.2) is 0 Å². The second-order valence-electron chi connectivity index (χ2n) is 7.06. The SMILES string of the molecule is Cc1ccc(C(=O)N2CCc3nc(C)nc(N4CCCC4)c3C2)cc1. The van der Waals surface area contributed by atoms with Crippen LogP contribution < -0.4 is 4.90 Å². The molecule has 0 saturated carbocycles. The van der Waals surface area contributed by atoms with Gasteiger partial charge in [0.2, 0.25) is 0 Å². The summed E-state index contributed by atoms with van der Waals surface area (Å²) in [5.74, 6) is 1.97. The van der Waals surface area contributed by atoms with Crippen LogP contribution in [0.2, 0.25) is 0 Å².